The van der Waals surface area contributed by atoms with Crippen LogP contribution in [0, 0.1) is 6.92 Å². The van der Waals surface area contributed by atoms with Gasteiger partial charge in [0.2, 0.25) is 0 Å². The van der Waals surface area contributed by atoms with Gasteiger partial charge in [-0.3, -0.25) is 4.79 Å². The number of carbonyl (C=O) groups excluding carboxylic acids is 1. The highest BCUT2D eigenvalue weighted by Crippen LogP contribution is 2.15. The van der Waals surface area contributed by atoms with Crippen LogP contribution in [0.2, 0.25) is 5.02 Å². The van der Waals surface area contributed by atoms with Gasteiger partial charge in [0.1, 0.15) is 0 Å². The Morgan fingerprint density at radius 1 is 1.10 bits per heavy atom. The molecule has 0 spiro atoms. The summed E-state index contributed by atoms with van der Waals surface area (Å²) in [6.07, 6.45) is 0. The lowest BCUT2D eigenvalue weighted by Crippen LogP contribution is -2.31. The van der Waals surface area contributed by atoms with Gasteiger partial charge in [-0.25, -0.2) is 13.1 Å². The second-order valence-electron chi connectivity index (χ2n) is 4.21. The number of carbonyl (C=O) groups is 1. The van der Waals surface area contributed by atoms with Crippen LogP contribution < -0.4 is 4.72 Å². The molecule has 4 nitrogen and oxygen atoms in total. The summed E-state index contributed by atoms with van der Waals surface area (Å²) in [5.41, 5.74) is 0.758. The number of aryl methyl sites for hydroxylation is 1. The lowest BCUT2D eigenvalue weighted by molar-refractivity contribution is 0.0981. The van der Waals surface area contributed by atoms with Gasteiger partial charge in [-0.2, -0.15) is 0 Å². The van der Waals surface area contributed by atoms with Crippen LogP contribution in [-0.4, -0.2) is 14.3 Å². The number of hydrogen-bond donors (Lipinski definition) is 1. The Balaban J connectivity index is 2.30. The second kappa shape index (κ2) is 5.64. The maximum atomic E-state index is 12.2. The molecule has 0 fully saturated rings. The van der Waals surface area contributed by atoms with E-state index in [1.807, 2.05) is 4.72 Å². The minimum Gasteiger partial charge on any atom is -0.268 e. The zero-order valence-electron chi connectivity index (χ0n) is 10.6. The molecule has 2 rings (SSSR count). The third-order valence-corrected chi connectivity index (χ3v) is 4.42. The lowest BCUT2D eigenvalue weighted by Gasteiger charge is -2.09. The third-order valence-electron chi connectivity index (χ3n) is 2.70. The van der Waals surface area contributed by atoms with Gasteiger partial charge in [0.05, 0.1) is 4.90 Å². The number of benzene rings is 2. The van der Waals surface area contributed by atoms with Crippen LogP contribution in [0.25, 0.3) is 0 Å². The van der Waals surface area contributed by atoms with Gasteiger partial charge >= 0.3 is 0 Å². The summed E-state index contributed by atoms with van der Waals surface area (Å²) in [6, 6.07) is 12.5. The molecule has 0 aliphatic rings. The summed E-state index contributed by atoms with van der Waals surface area (Å²) < 4.78 is 26.3. The predicted molar refractivity (Wildman–Crippen MR) is 77.3 cm³/mol. The molecule has 2 aromatic rings. The number of hydrogen-bond acceptors (Lipinski definition) is 3. The highest BCUT2D eigenvalue weighted by Gasteiger charge is 2.20. The van der Waals surface area contributed by atoms with Crippen molar-refractivity contribution in [3.05, 3.63) is 64.7 Å². The monoisotopic (exact) mass is 309 g/mol. The van der Waals surface area contributed by atoms with Gasteiger partial charge in [-0.1, -0.05) is 35.9 Å². The highest BCUT2D eigenvalue weighted by atomic mass is 35.5. The first kappa shape index (κ1) is 14.6. The smallest absolute Gasteiger partial charge is 0.265 e. The highest BCUT2D eigenvalue weighted by molar-refractivity contribution is 7.90. The maximum absolute atomic E-state index is 12.2. The van der Waals surface area contributed by atoms with E-state index in [1.54, 1.807) is 37.3 Å². The molecule has 20 heavy (non-hydrogen) atoms. The predicted octanol–water partition coefficient (Wildman–Crippen LogP) is 2.77. The van der Waals surface area contributed by atoms with Crippen molar-refractivity contribution >= 4 is 27.5 Å². The van der Waals surface area contributed by atoms with Gasteiger partial charge in [0.15, 0.2) is 0 Å². The first-order chi connectivity index (χ1) is 9.40. The Kier molecular flexibility index (Phi) is 4.11. The van der Waals surface area contributed by atoms with Crippen LogP contribution in [0.5, 0.6) is 0 Å². The average Bonchev–Trinajstić information content (AvgIpc) is 2.38. The molecule has 0 bridgehead atoms. The SMILES string of the molecule is Cc1ccccc1S(=O)(=O)NC(=O)c1cccc(Cl)c1. The first-order valence-electron chi connectivity index (χ1n) is 5.78. The zero-order chi connectivity index (χ0) is 14.8. The molecule has 104 valence electrons. The molecule has 0 saturated heterocycles. The summed E-state index contributed by atoms with van der Waals surface area (Å²) in [7, 11) is -3.89. The number of nitrogens with one attached hydrogen (secondary N) is 1. The van der Waals surface area contributed by atoms with E-state index < -0.39 is 15.9 Å². The summed E-state index contributed by atoms with van der Waals surface area (Å²) in [5.74, 6) is -0.712. The van der Waals surface area contributed by atoms with Crippen LogP contribution in [-0.2, 0) is 10.0 Å². The van der Waals surface area contributed by atoms with Crippen molar-refractivity contribution in [2.45, 2.75) is 11.8 Å². The molecule has 0 aromatic heterocycles. The molecular formula is C14H12ClNO3S. The molecule has 0 saturated carbocycles. The fourth-order valence-corrected chi connectivity index (χ4v) is 3.14. The molecule has 1 N–H and O–H groups in total. The van der Waals surface area contributed by atoms with E-state index in [1.165, 1.54) is 18.2 Å². The quantitative estimate of drug-likeness (QED) is 0.948. The standard InChI is InChI=1S/C14H12ClNO3S/c1-10-5-2-3-8-13(10)20(18,19)16-14(17)11-6-4-7-12(15)9-11/h2-9H,1H3,(H,16,17). The van der Waals surface area contributed by atoms with Gasteiger partial charge in [-0.15, -0.1) is 0 Å². The Hall–Kier alpha value is -1.85. The molecule has 0 aliphatic carbocycles. The van der Waals surface area contributed by atoms with Crippen molar-refractivity contribution in [1.29, 1.82) is 0 Å². The molecule has 6 heteroatoms. The van der Waals surface area contributed by atoms with Crippen LogP contribution in [0.15, 0.2) is 53.4 Å². The van der Waals surface area contributed by atoms with Crippen molar-refractivity contribution < 1.29 is 13.2 Å². The van der Waals surface area contributed by atoms with E-state index in [2.05, 4.69) is 0 Å². The van der Waals surface area contributed by atoms with Crippen LogP contribution >= 0.6 is 11.6 Å². The van der Waals surface area contributed by atoms with E-state index in [-0.39, 0.29) is 10.5 Å². The van der Waals surface area contributed by atoms with Gasteiger partial charge in [0, 0.05) is 10.6 Å². The van der Waals surface area contributed by atoms with Crippen molar-refractivity contribution in [3.63, 3.8) is 0 Å². The Labute approximate surface area is 122 Å². The van der Waals surface area contributed by atoms with Crippen LogP contribution in [0.3, 0.4) is 0 Å². The number of halogens is 1. The molecular weight excluding hydrogens is 298 g/mol. The van der Waals surface area contributed by atoms with E-state index in [4.69, 9.17) is 11.6 Å². The molecule has 0 aliphatic heterocycles. The summed E-state index contributed by atoms with van der Waals surface area (Å²) in [5, 5.41) is 0.367. The van der Waals surface area contributed by atoms with Gasteiger partial charge in [0.25, 0.3) is 15.9 Å². The van der Waals surface area contributed by atoms with Gasteiger partial charge < -0.3 is 0 Å². The molecule has 0 unspecified atom stereocenters. The Bertz CT molecular complexity index is 757. The van der Waals surface area contributed by atoms with E-state index in [0.29, 0.717) is 10.6 Å². The Morgan fingerprint density at radius 2 is 1.80 bits per heavy atom. The summed E-state index contributed by atoms with van der Waals surface area (Å²) >= 11 is 5.77. The minimum absolute atomic E-state index is 0.0791. The van der Waals surface area contributed by atoms with E-state index in [0.717, 1.165) is 0 Å². The molecule has 1 amide bonds. The summed E-state index contributed by atoms with van der Waals surface area (Å²) in [6.45, 7) is 1.67. The molecule has 0 radical (unpaired) electrons. The number of amides is 1. The molecule has 0 heterocycles. The third kappa shape index (κ3) is 3.18. The van der Waals surface area contributed by atoms with E-state index >= 15 is 0 Å². The second-order valence-corrected chi connectivity index (χ2v) is 6.30. The van der Waals surface area contributed by atoms with Crippen molar-refractivity contribution in [3.8, 4) is 0 Å². The lowest BCUT2D eigenvalue weighted by atomic mass is 10.2. The molecule has 2 aromatic carbocycles. The zero-order valence-corrected chi connectivity index (χ0v) is 12.2. The maximum Gasteiger partial charge on any atom is 0.265 e. The van der Waals surface area contributed by atoms with Crippen molar-refractivity contribution in [2.75, 3.05) is 0 Å². The minimum atomic E-state index is -3.89. The topological polar surface area (TPSA) is 63.2 Å². The fraction of sp³-hybridized carbons (Fsp3) is 0.0714. The largest absolute Gasteiger partial charge is 0.268 e. The van der Waals surface area contributed by atoms with E-state index in [9.17, 15) is 13.2 Å². The Morgan fingerprint density at radius 3 is 2.45 bits per heavy atom. The normalized spacial score (nSPS) is 11.1. The number of rotatable bonds is 3. The summed E-state index contributed by atoms with van der Waals surface area (Å²) in [4.78, 5) is 12.0. The van der Waals surface area contributed by atoms with Crippen molar-refractivity contribution in [1.82, 2.24) is 4.72 Å². The van der Waals surface area contributed by atoms with Crippen LogP contribution in [0.4, 0.5) is 0 Å². The average molecular weight is 310 g/mol. The number of sulfonamides is 1. The van der Waals surface area contributed by atoms with Crippen LogP contribution in [0.1, 0.15) is 15.9 Å². The first-order valence-corrected chi connectivity index (χ1v) is 7.64. The van der Waals surface area contributed by atoms with Crippen molar-refractivity contribution in [2.24, 2.45) is 0 Å². The molecule has 0 atom stereocenters. The van der Waals surface area contributed by atoms with Gasteiger partial charge in [-0.05, 0) is 36.8 Å². The fourth-order valence-electron chi connectivity index (χ4n) is 1.72.